The lowest BCUT2D eigenvalue weighted by Gasteiger charge is -2.20. The van der Waals surface area contributed by atoms with Crippen LogP contribution < -0.4 is 5.73 Å². The van der Waals surface area contributed by atoms with Gasteiger partial charge in [-0.3, -0.25) is 14.3 Å². The second kappa shape index (κ2) is 10.2. The van der Waals surface area contributed by atoms with Crippen LogP contribution in [0.1, 0.15) is 50.4 Å². The molecule has 0 aliphatic carbocycles. The molecule has 0 fully saturated rings. The molecule has 4 aromatic rings. The van der Waals surface area contributed by atoms with E-state index in [2.05, 4.69) is 5.10 Å². The van der Waals surface area contributed by atoms with E-state index in [1.807, 2.05) is 0 Å². The molecule has 15 heteroatoms. The SMILES string of the molecule is CC(n1ncc2c(C#N)c(C(=O)c3cc(F)ccc3Cl)c(-c3c(F)cc(C(F)(F)F)cc3C(N)=O)cc21)C(F)(F)F. The topological polar surface area (TPSA) is 102 Å². The Labute approximate surface area is 229 Å². The maximum atomic E-state index is 15.5. The van der Waals surface area contributed by atoms with E-state index in [-0.39, 0.29) is 22.5 Å². The predicted molar refractivity (Wildman–Crippen MR) is 129 cm³/mol. The van der Waals surface area contributed by atoms with Gasteiger partial charge in [0.15, 0.2) is 5.78 Å². The van der Waals surface area contributed by atoms with Crippen LogP contribution >= 0.6 is 11.6 Å². The number of aromatic nitrogens is 2. The highest BCUT2D eigenvalue weighted by Gasteiger charge is 2.40. The number of rotatable bonds is 5. The van der Waals surface area contributed by atoms with Crippen molar-refractivity contribution in [1.82, 2.24) is 9.78 Å². The van der Waals surface area contributed by atoms with Crippen LogP contribution in [-0.2, 0) is 6.18 Å². The number of carbonyl (C=O) groups excluding carboxylic acids is 2. The van der Waals surface area contributed by atoms with Crippen LogP contribution in [0.4, 0.5) is 35.1 Å². The minimum Gasteiger partial charge on any atom is -0.366 e. The quantitative estimate of drug-likeness (QED) is 0.197. The van der Waals surface area contributed by atoms with E-state index >= 15 is 4.39 Å². The Balaban J connectivity index is 2.22. The van der Waals surface area contributed by atoms with Crippen molar-refractivity contribution in [2.75, 3.05) is 0 Å². The van der Waals surface area contributed by atoms with Crippen LogP contribution in [0.3, 0.4) is 0 Å². The number of fused-ring (bicyclic) bond motifs is 1. The van der Waals surface area contributed by atoms with Gasteiger partial charge in [0, 0.05) is 27.6 Å². The summed E-state index contributed by atoms with van der Waals surface area (Å²) in [5, 5.41) is 13.0. The van der Waals surface area contributed by atoms with Gasteiger partial charge in [-0.25, -0.2) is 8.78 Å². The fraction of sp³-hybridized carbons (Fsp3) is 0.154. The third-order valence-electron chi connectivity index (χ3n) is 6.21. The van der Waals surface area contributed by atoms with Crippen molar-refractivity contribution in [2.45, 2.75) is 25.3 Å². The number of halogens is 9. The molecule has 3 aromatic carbocycles. The number of primary amides is 1. The lowest BCUT2D eigenvalue weighted by molar-refractivity contribution is -0.164. The number of nitriles is 1. The largest absolute Gasteiger partial charge is 0.416 e. The summed E-state index contributed by atoms with van der Waals surface area (Å²) in [6.45, 7) is 0.706. The number of benzene rings is 3. The number of ketones is 1. The van der Waals surface area contributed by atoms with Crippen molar-refractivity contribution in [3.8, 4) is 17.2 Å². The lowest BCUT2D eigenvalue weighted by atomic mass is 9.85. The Bertz CT molecular complexity index is 1790. The molecule has 212 valence electrons. The summed E-state index contributed by atoms with van der Waals surface area (Å²) in [4.78, 5) is 26.0. The number of nitrogens with two attached hydrogens (primary N) is 1. The molecule has 0 bridgehead atoms. The molecule has 0 spiro atoms. The van der Waals surface area contributed by atoms with Crippen molar-refractivity contribution in [3.63, 3.8) is 0 Å². The van der Waals surface area contributed by atoms with Gasteiger partial charge in [0.05, 0.1) is 33.4 Å². The molecule has 6 nitrogen and oxygen atoms in total. The fourth-order valence-corrected chi connectivity index (χ4v) is 4.43. The number of carbonyl (C=O) groups is 2. The Kier molecular flexibility index (Phi) is 7.30. The predicted octanol–water partition coefficient (Wildman–Crippen LogP) is 6.98. The molecule has 1 atom stereocenters. The normalized spacial score (nSPS) is 12.8. The molecule has 2 N–H and O–H groups in total. The van der Waals surface area contributed by atoms with Crippen LogP contribution in [0.15, 0.2) is 42.6 Å². The summed E-state index contributed by atoms with van der Waals surface area (Å²) in [6, 6.07) is 2.74. The molecule has 4 rings (SSSR count). The summed E-state index contributed by atoms with van der Waals surface area (Å²) < 4.78 is 111. The molecule has 0 saturated heterocycles. The van der Waals surface area contributed by atoms with E-state index in [1.165, 1.54) is 0 Å². The van der Waals surface area contributed by atoms with Gasteiger partial charge < -0.3 is 5.73 Å². The van der Waals surface area contributed by atoms with E-state index < -0.39 is 86.2 Å². The summed E-state index contributed by atoms with van der Waals surface area (Å²) in [6.07, 6.45) is -9.21. The monoisotopic (exact) mass is 600 g/mol. The number of alkyl halides is 6. The lowest BCUT2D eigenvalue weighted by Crippen LogP contribution is -2.24. The van der Waals surface area contributed by atoms with Gasteiger partial charge in [-0.05, 0) is 43.3 Å². The summed E-state index contributed by atoms with van der Waals surface area (Å²) in [5.41, 5.74) is -1.84. The third kappa shape index (κ3) is 5.20. The molecule has 41 heavy (non-hydrogen) atoms. The third-order valence-corrected chi connectivity index (χ3v) is 6.54. The van der Waals surface area contributed by atoms with Crippen molar-refractivity contribution < 1.29 is 44.7 Å². The van der Waals surface area contributed by atoms with Gasteiger partial charge in [-0.15, -0.1) is 0 Å². The van der Waals surface area contributed by atoms with Gasteiger partial charge >= 0.3 is 12.4 Å². The summed E-state index contributed by atoms with van der Waals surface area (Å²) in [5.74, 6) is -5.56. The first-order valence-corrected chi connectivity index (χ1v) is 11.6. The van der Waals surface area contributed by atoms with Crippen LogP contribution in [0, 0.1) is 23.0 Å². The Morgan fingerprint density at radius 1 is 1.05 bits per heavy atom. The smallest absolute Gasteiger partial charge is 0.366 e. The average molecular weight is 601 g/mol. The van der Waals surface area contributed by atoms with E-state index in [4.69, 9.17) is 17.3 Å². The van der Waals surface area contributed by atoms with Crippen LogP contribution in [0.5, 0.6) is 0 Å². The maximum absolute atomic E-state index is 15.5. The van der Waals surface area contributed by atoms with Crippen LogP contribution in [0.25, 0.3) is 22.0 Å². The zero-order chi connectivity index (χ0) is 30.6. The van der Waals surface area contributed by atoms with Gasteiger partial charge in [-0.2, -0.15) is 36.7 Å². The van der Waals surface area contributed by atoms with E-state index in [0.717, 1.165) is 24.4 Å². The highest BCUT2D eigenvalue weighted by Crippen LogP contribution is 2.42. The number of amides is 1. The van der Waals surface area contributed by atoms with E-state index in [0.29, 0.717) is 17.7 Å². The van der Waals surface area contributed by atoms with Gasteiger partial charge in [-0.1, -0.05) is 11.6 Å². The molecule has 0 radical (unpaired) electrons. The van der Waals surface area contributed by atoms with Crippen LogP contribution in [-0.4, -0.2) is 27.6 Å². The highest BCUT2D eigenvalue weighted by atomic mass is 35.5. The number of nitrogens with zero attached hydrogens (tertiary/aromatic N) is 3. The van der Waals surface area contributed by atoms with Crippen molar-refractivity contribution >= 4 is 34.2 Å². The number of hydrogen-bond acceptors (Lipinski definition) is 4. The first-order valence-electron chi connectivity index (χ1n) is 11.2. The molecular formula is C26H13ClF8N4O2. The molecular weight excluding hydrogens is 588 g/mol. The zero-order valence-electron chi connectivity index (χ0n) is 20.3. The zero-order valence-corrected chi connectivity index (χ0v) is 21.0. The first kappa shape index (κ1) is 29.5. The highest BCUT2D eigenvalue weighted by molar-refractivity contribution is 6.35. The maximum Gasteiger partial charge on any atom is 0.416 e. The minimum absolute atomic E-state index is 0.0168. The van der Waals surface area contributed by atoms with Gasteiger partial charge in [0.25, 0.3) is 0 Å². The molecule has 0 aliphatic heterocycles. The summed E-state index contributed by atoms with van der Waals surface area (Å²) in [7, 11) is 0. The Morgan fingerprint density at radius 2 is 1.71 bits per heavy atom. The molecule has 1 aromatic heterocycles. The molecule has 1 heterocycles. The van der Waals surface area contributed by atoms with Gasteiger partial charge in [0.2, 0.25) is 5.91 Å². The number of hydrogen-bond donors (Lipinski definition) is 1. The fourth-order valence-electron chi connectivity index (χ4n) is 4.23. The Morgan fingerprint density at radius 3 is 2.27 bits per heavy atom. The van der Waals surface area contributed by atoms with Crippen LogP contribution in [0.2, 0.25) is 5.02 Å². The van der Waals surface area contributed by atoms with E-state index in [1.54, 1.807) is 6.07 Å². The average Bonchev–Trinajstić information content (AvgIpc) is 3.29. The molecule has 0 aliphatic rings. The van der Waals surface area contributed by atoms with Gasteiger partial charge in [0.1, 0.15) is 23.7 Å². The van der Waals surface area contributed by atoms with Crippen molar-refractivity contribution in [3.05, 3.63) is 87.1 Å². The minimum atomic E-state index is -5.15. The first-order chi connectivity index (χ1) is 19.0. The standard InChI is InChI=1S/C26H13ClF8N4O2/c1-10(25(30,31)32)39-20-7-14(21-15(24(37)41)4-11(5-19(21)29)26(33,34)35)22(16(8-36)17(20)9-38-39)23(40)13-6-12(28)2-3-18(13)27/h2-7,9-10H,1H3,(H2,37,41). The van der Waals surface area contributed by atoms with E-state index in [9.17, 15) is 45.6 Å². The summed E-state index contributed by atoms with van der Waals surface area (Å²) >= 11 is 6.05. The molecule has 1 unspecified atom stereocenters. The molecule has 1 amide bonds. The van der Waals surface area contributed by atoms with Crippen molar-refractivity contribution in [1.29, 1.82) is 5.26 Å². The second-order valence-corrected chi connectivity index (χ2v) is 9.13. The Hall–Kier alpha value is -4.51. The van der Waals surface area contributed by atoms with Crippen molar-refractivity contribution in [2.24, 2.45) is 5.73 Å². The second-order valence-electron chi connectivity index (χ2n) is 8.72. The molecule has 0 saturated carbocycles.